The van der Waals surface area contributed by atoms with Crippen molar-refractivity contribution >= 4 is 17.8 Å². The summed E-state index contributed by atoms with van der Waals surface area (Å²) in [6.07, 6.45) is 2.51. The van der Waals surface area contributed by atoms with Crippen LogP contribution in [0.1, 0.15) is 21.5 Å². The Morgan fingerprint density at radius 1 is 0.895 bits per heavy atom. The first-order valence-electron chi connectivity index (χ1n) is 5.77. The minimum absolute atomic E-state index is 0.0776. The minimum Gasteiger partial charge on any atom is -0.478 e. The van der Waals surface area contributed by atoms with Crippen LogP contribution < -0.4 is 0 Å². The molecule has 0 aliphatic heterocycles. The molecule has 2 aromatic rings. The van der Waals surface area contributed by atoms with Gasteiger partial charge in [-0.1, -0.05) is 48.5 Å². The molecule has 3 heteroatoms. The fraction of sp³-hybridized carbons (Fsp3) is 0. The number of benzene rings is 2. The number of aliphatic carboxylic acids is 1. The second-order valence-corrected chi connectivity index (χ2v) is 3.99. The molecule has 0 heterocycles. The summed E-state index contributed by atoms with van der Waals surface area (Å²) in [6.45, 7) is 0. The number of rotatable bonds is 4. The maximum absolute atomic E-state index is 12.2. The zero-order valence-electron chi connectivity index (χ0n) is 10.1. The van der Waals surface area contributed by atoms with Crippen LogP contribution >= 0.6 is 0 Å². The molecule has 0 amide bonds. The van der Waals surface area contributed by atoms with Crippen LogP contribution in [-0.2, 0) is 4.79 Å². The fourth-order valence-corrected chi connectivity index (χ4v) is 1.71. The molecule has 0 radical (unpaired) electrons. The van der Waals surface area contributed by atoms with Crippen LogP contribution in [0.3, 0.4) is 0 Å². The van der Waals surface area contributed by atoms with Gasteiger partial charge in [0.15, 0.2) is 5.78 Å². The summed E-state index contributed by atoms with van der Waals surface area (Å²) >= 11 is 0. The first kappa shape index (κ1) is 12.8. The van der Waals surface area contributed by atoms with Crippen LogP contribution in [0.25, 0.3) is 6.08 Å². The largest absolute Gasteiger partial charge is 0.478 e. The van der Waals surface area contributed by atoms with Crippen molar-refractivity contribution in [2.75, 3.05) is 0 Å². The molecule has 94 valence electrons. The molecule has 3 nitrogen and oxygen atoms in total. The number of hydrogen-bond donors (Lipinski definition) is 1. The van der Waals surface area contributed by atoms with E-state index < -0.39 is 5.97 Å². The lowest BCUT2D eigenvalue weighted by Crippen LogP contribution is -2.00. The highest BCUT2D eigenvalue weighted by atomic mass is 16.4. The maximum atomic E-state index is 12.2. The van der Waals surface area contributed by atoms with Gasteiger partial charge in [0.2, 0.25) is 0 Å². The quantitative estimate of drug-likeness (QED) is 0.672. The topological polar surface area (TPSA) is 54.4 Å². The van der Waals surface area contributed by atoms with E-state index >= 15 is 0 Å². The molecule has 0 saturated heterocycles. The second-order valence-electron chi connectivity index (χ2n) is 3.99. The average molecular weight is 252 g/mol. The summed E-state index contributed by atoms with van der Waals surface area (Å²) in [5.74, 6) is -1.09. The van der Waals surface area contributed by atoms with Crippen LogP contribution in [0.2, 0.25) is 0 Å². The molecule has 2 aromatic carbocycles. The monoisotopic (exact) mass is 252 g/mol. The van der Waals surface area contributed by atoms with Crippen LogP contribution in [0.5, 0.6) is 0 Å². The molecule has 0 atom stereocenters. The van der Waals surface area contributed by atoms with E-state index in [-0.39, 0.29) is 5.78 Å². The van der Waals surface area contributed by atoms with Crippen molar-refractivity contribution in [3.05, 3.63) is 77.4 Å². The van der Waals surface area contributed by atoms with E-state index in [2.05, 4.69) is 0 Å². The van der Waals surface area contributed by atoms with Crippen LogP contribution in [0, 0.1) is 0 Å². The summed E-state index contributed by atoms with van der Waals surface area (Å²) in [5, 5.41) is 8.58. The van der Waals surface area contributed by atoms with E-state index in [9.17, 15) is 9.59 Å². The molecular formula is C16H12O3. The number of carboxylic acids is 1. The molecule has 2 rings (SSSR count). The van der Waals surface area contributed by atoms with E-state index in [1.807, 2.05) is 6.07 Å². The standard InChI is InChI=1S/C16H12O3/c17-15(18)10-9-12-5-4-8-14(11-12)16(19)13-6-2-1-3-7-13/h1-11H,(H,17,18). The van der Waals surface area contributed by atoms with Crippen molar-refractivity contribution < 1.29 is 14.7 Å². The van der Waals surface area contributed by atoms with Crippen molar-refractivity contribution in [3.63, 3.8) is 0 Å². The fourth-order valence-electron chi connectivity index (χ4n) is 1.71. The van der Waals surface area contributed by atoms with Gasteiger partial charge in [0.05, 0.1) is 0 Å². The zero-order chi connectivity index (χ0) is 13.7. The zero-order valence-corrected chi connectivity index (χ0v) is 10.1. The van der Waals surface area contributed by atoms with E-state index in [0.29, 0.717) is 16.7 Å². The molecule has 19 heavy (non-hydrogen) atoms. The highest BCUT2D eigenvalue weighted by Crippen LogP contribution is 2.12. The lowest BCUT2D eigenvalue weighted by atomic mass is 10.0. The molecule has 0 saturated carbocycles. The number of carboxylic acid groups (broad SMARTS) is 1. The van der Waals surface area contributed by atoms with Gasteiger partial charge in [0, 0.05) is 17.2 Å². The molecule has 0 fully saturated rings. The van der Waals surface area contributed by atoms with Crippen molar-refractivity contribution in [1.29, 1.82) is 0 Å². The van der Waals surface area contributed by atoms with E-state index in [1.54, 1.807) is 48.5 Å². The first-order chi connectivity index (χ1) is 9.16. The van der Waals surface area contributed by atoms with Crippen LogP contribution in [-0.4, -0.2) is 16.9 Å². The Kier molecular flexibility index (Phi) is 3.88. The predicted octanol–water partition coefficient (Wildman–Crippen LogP) is 3.02. The Labute approximate surface area is 110 Å². The average Bonchev–Trinajstić information content (AvgIpc) is 2.45. The van der Waals surface area contributed by atoms with Gasteiger partial charge in [0.1, 0.15) is 0 Å². The van der Waals surface area contributed by atoms with E-state index in [1.165, 1.54) is 6.08 Å². The Morgan fingerprint density at radius 3 is 2.26 bits per heavy atom. The predicted molar refractivity (Wildman–Crippen MR) is 73.0 cm³/mol. The van der Waals surface area contributed by atoms with Crippen molar-refractivity contribution in [2.24, 2.45) is 0 Å². The Hall–Kier alpha value is -2.68. The van der Waals surface area contributed by atoms with Gasteiger partial charge < -0.3 is 5.11 Å². The summed E-state index contributed by atoms with van der Waals surface area (Å²) in [4.78, 5) is 22.7. The molecular weight excluding hydrogens is 240 g/mol. The van der Waals surface area contributed by atoms with Crippen LogP contribution in [0.15, 0.2) is 60.7 Å². The lowest BCUT2D eigenvalue weighted by molar-refractivity contribution is -0.131. The van der Waals surface area contributed by atoms with Crippen LogP contribution in [0.4, 0.5) is 0 Å². The van der Waals surface area contributed by atoms with Gasteiger partial charge in [0.25, 0.3) is 0 Å². The lowest BCUT2D eigenvalue weighted by Gasteiger charge is -2.02. The Morgan fingerprint density at radius 2 is 1.58 bits per heavy atom. The highest BCUT2D eigenvalue weighted by molar-refractivity contribution is 6.09. The summed E-state index contributed by atoms with van der Waals surface area (Å²) < 4.78 is 0. The van der Waals surface area contributed by atoms with Crippen molar-refractivity contribution in [3.8, 4) is 0 Å². The van der Waals surface area contributed by atoms with Gasteiger partial charge in [-0.25, -0.2) is 4.79 Å². The third kappa shape index (κ3) is 3.39. The van der Waals surface area contributed by atoms with Gasteiger partial charge >= 0.3 is 5.97 Å². The van der Waals surface area contributed by atoms with Gasteiger partial charge in [-0.3, -0.25) is 4.79 Å². The number of carbonyl (C=O) groups excluding carboxylic acids is 1. The molecule has 0 spiro atoms. The second kappa shape index (κ2) is 5.78. The molecule has 1 N–H and O–H groups in total. The summed E-state index contributed by atoms with van der Waals surface area (Å²) in [5.41, 5.74) is 1.84. The van der Waals surface area contributed by atoms with Gasteiger partial charge in [-0.05, 0) is 17.7 Å². The van der Waals surface area contributed by atoms with Gasteiger partial charge in [-0.15, -0.1) is 0 Å². The first-order valence-corrected chi connectivity index (χ1v) is 5.77. The third-order valence-electron chi connectivity index (χ3n) is 2.60. The summed E-state index contributed by atoms with van der Waals surface area (Å²) in [6, 6.07) is 15.8. The van der Waals surface area contributed by atoms with Gasteiger partial charge in [-0.2, -0.15) is 0 Å². The Bertz CT molecular complexity index is 627. The van der Waals surface area contributed by atoms with Crippen molar-refractivity contribution in [1.82, 2.24) is 0 Å². The Balaban J connectivity index is 2.29. The van der Waals surface area contributed by atoms with E-state index in [4.69, 9.17) is 5.11 Å². The molecule has 0 aliphatic rings. The van der Waals surface area contributed by atoms with E-state index in [0.717, 1.165) is 6.08 Å². The summed E-state index contributed by atoms with van der Waals surface area (Å²) in [7, 11) is 0. The SMILES string of the molecule is O=C(O)C=Cc1cccc(C(=O)c2ccccc2)c1. The smallest absolute Gasteiger partial charge is 0.328 e. The highest BCUT2D eigenvalue weighted by Gasteiger charge is 2.08. The molecule has 0 aromatic heterocycles. The minimum atomic E-state index is -1.01. The van der Waals surface area contributed by atoms with Crippen molar-refractivity contribution in [2.45, 2.75) is 0 Å². The number of ketones is 1. The maximum Gasteiger partial charge on any atom is 0.328 e. The number of carbonyl (C=O) groups is 2. The molecule has 0 unspecified atom stereocenters. The molecule has 0 aliphatic carbocycles. The number of hydrogen-bond acceptors (Lipinski definition) is 2. The normalized spacial score (nSPS) is 10.5. The third-order valence-corrected chi connectivity index (χ3v) is 2.60. The molecule has 0 bridgehead atoms.